The molecule has 1 aliphatic rings. The highest BCUT2D eigenvalue weighted by molar-refractivity contribution is 7.12. The first-order valence-corrected chi connectivity index (χ1v) is 8.52. The summed E-state index contributed by atoms with van der Waals surface area (Å²) in [6.45, 7) is 12.7. The van der Waals surface area contributed by atoms with Crippen LogP contribution < -0.4 is 5.32 Å². The van der Waals surface area contributed by atoms with Gasteiger partial charge in [-0.25, -0.2) is 0 Å². The van der Waals surface area contributed by atoms with Gasteiger partial charge in [-0.05, 0) is 63.4 Å². The van der Waals surface area contributed by atoms with Crippen molar-refractivity contribution < 1.29 is 0 Å². The van der Waals surface area contributed by atoms with E-state index in [1.54, 1.807) is 5.56 Å². The molecular formula is C16H28N2S. The van der Waals surface area contributed by atoms with Crippen LogP contribution in [0.3, 0.4) is 0 Å². The van der Waals surface area contributed by atoms with Crippen LogP contribution in [0.1, 0.15) is 48.4 Å². The summed E-state index contributed by atoms with van der Waals surface area (Å²) in [6.07, 6.45) is 3.95. The normalized spacial score (nSPS) is 18.1. The van der Waals surface area contributed by atoms with Gasteiger partial charge in [0.25, 0.3) is 0 Å². The zero-order valence-electron chi connectivity index (χ0n) is 12.7. The molecule has 0 aliphatic carbocycles. The fourth-order valence-corrected chi connectivity index (χ4v) is 3.70. The van der Waals surface area contributed by atoms with Gasteiger partial charge in [0.2, 0.25) is 0 Å². The SMILES string of the molecule is CCCNCc1cc(CN2CCC(C)CC2)c(C)s1. The highest BCUT2D eigenvalue weighted by Gasteiger charge is 2.17. The van der Waals surface area contributed by atoms with Crippen molar-refractivity contribution in [1.82, 2.24) is 10.2 Å². The van der Waals surface area contributed by atoms with E-state index in [-0.39, 0.29) is 0 Å². The van der Waals surface area contributed by atoms with E-state index < -0.39 is 0 Å². The Labute approximate surface area is 122 Å². The maximum absolute atomic E-state index is 3.50. The second-order valence-corrected chi connectivity index (χ2v) is 7.27. The molecular weight excluding hydrogens is 252 g/mol. The summed E-state index contributed by atoms with van der Waals surface area (Å²) >= 11 is 1.96. The predicted octanol–water partition coefficient (Wildman–Crippen LogP) is 3.79. The summed E-state index contributed by atoms with van der Waals surface area (Å²) in [4.78, 5) is 5.62. The van der Waals surface area contributed by atoms with Crippen LogP contribution >= 0.6 is 11.3 Å². The van der Waals surface area contributed by atoms with Crippen molar-refractivity contribution in [2.75, 3.05) is 19.6 Å². The highest BCUT2D eigenvalue weighted by atomic mass is 32.1. The van der Waals surface area contributed by atoms with Crippen LogP contribution in [0.15, 0.2) is 6.07 Å². The van der Waals surface area contributed by atoms with Gasteiger partial charge in [-0.1, -0.05) is 13.8 Å². The molecule has 1 N–H and O–H groups in total. The standard InChI is InChI=1S/C16H28N2S/c1-4-7-17-11-16-10-15(14(3)19-16)12-18-8-5-13(2)6-9-18/h10,13,17H,4-9,11-12H2,1-3H3. The molecule has 0 amide bonds. The molecule has 1 aromatic heterocycles. The third kappa shape index (κ3) is 4.59. The molecule has 2 heterocycles. The third-order valence-electron chi connectivity index (χ3n) is 4.07. The van der Waals surface area contributed by atoms with Crippen LogP contribution in [0.4, 0.5) is 0 Å². The van der Waals surface area contributed by atoms with Gasteiger partial charge in [0.05, 0.1) is 0 Å². The molecule has 0 atom stereocenters. The smallest absolute Gasteiger partial charge is 0.0299 e. The lowest BCUT2D eigenvalue weighted by molar-refractivity contribution is 0.185. The minimum absolute atomic E-state index is 0.925. The van der Waals surface area contributed by atoms with E-state index in [2.05, 4.69) is 37.1 Å². The van der Waals surface area contributed by atoms with Crippen molar-refractivity contribution in [2.45, 2.75) is 53.1 Å². The van der Waals surface area contributed by atoms with Gasteiger partial charge in [-0.15, -0.1) is 11.3 Å². The fourth-order valence-electron chi connectivity index (χ4n) is 2.68. The number of likely N-dealkylation sites (tertiary alicyclic amines) is 1. The Balaban J connectivity index is 1.86. The molecule has 0 radical (unpaired) electrons. The number of nitrogens with zero attached hydrogens (tertiary/aromatic N) is 1. The molecule has 1 aliphatic heterocycles. The average Bonchev–Trinajstić information content (AvgIpc) is 2.73. The Kier molecular flexibility index (Phi) is 5.86. The van der Waals surface area contributed by atoms with E-state index in [0.29, 0.717) is 0 Å². The summed E-state index contributed by atoms with van der Waals surface area (Å²) in [5, 5.41) is 3.50. The number of hydrogen-bond acceptors (Lipinski definition) is 3. The molecule has 0 spiro atoms. The maximum atomic E-state index is 3.50. The third-order valence-corrected chi connectivity index (χ3v) is 5.16. The molecule has 0 bridgehead atoms. The number of rotatable bonds is 6. The van der Waals surface area contributed by atoms with Gasteiger partial charge in [0, 0.05) is 22.8 Å². The lowest BCUT2D eigenvalue weighted by atomic mass is 9.99. The van der Waals surface area contributed by atoms with Gasteiger partial charge in [0.15, 0.2) is 0 Å². The van der Waals surface area contributed by atoms with Crippen LogP contribution in [0.25, 0.3) is 0 Å². The van der Waals surface area contributed by atoms with E-state index in [0.717, 1.165) is 25.6 Å². The van der Waals surface area contributed by atoms with Crippen molar-refractivity contribution >= 4 is 11.3 Å². The predicted molar refractivity (Wildman–Crippen MR) is 84.7 cm³/mol. The quantitative estimate of drug-likeness (QED) is 0.798. The van der Waals surface area contributed by atoms with Crippen LogP contribution in [-0.2, 0) is 13.1 Å². The molecule has 19 heavy (non-hydrogen) atoms. The van der Waals surface area contributed by atoms with E-state index in [1.807, 2.05) is 11.3 Å². The molecule has 0 saturated carbocycles. The largest absolute Gasteiger partial charge is 0.312 e. The molecule has 2 nitrogen and oxygen atoms in total. The number of thiophene rings is 1. The highest BCUT2D eigenvalue weighted by Crippen LogP contribution is 2.25. The summed E-state index contributed by atoms with van der Waals surface area (Å²) < 4.78 is 0. The average molecular weight is 280 g/mol. The topological polar surface area (TPSA) is 15.3 Å². The first kappa shape index (κ1) is 15.0. The van der Waals surface area contributed by atoms with Gasteiger partial charge < -0.3 is 5.32 Å². The molecule has 0 unspecified atom stereocenters. The Morgan fingerprint density at radius 2 is 2.11 bits per heavy atom. The Bertz CT molecular complexity index is 378. The van der Waals surface area contributed by atoms with E-state index in [9.17, 15) is 0 Å². The van der Waals surface area contributed by atoms with Gasteiger partial charge in [-0.3, -0.25) is 4.90 Å². The number of aryl methyl sites for hydroxylation is 1. The van der Waals surface area contributed by atoms with E-state index in [4.69, 9.17) is 0 Å². The summed E-state index contributed by atoms with van der Waals surface area (Å²) in [7, 11) is 0. The van der Waals surface area contributed by atoms with Crippen molar-refractivity contribution in [1.29, 1.82) is 0 Å². The second-order valence-electron chi connectivity index (χ2n) is 5.93. The number of hydrogen-bond donors (Lipinski definition) is 1. The fraction of sp³-hybridized carbons (Fsp3) is 0.750. The minimum atomic E-state index is 0.925. The number of piperidine rings is 1. The molecule has 1 saturated heterocycles. The van der Waals surface area contributed by atoms with Gasteiger partial charge in [0.1, 0.15) is 0 Å². The summed E-state index contributed by atoms with van der Waals surface area (Å²) in [5.41, 5.74) is 1.55. The van der Waals surface area contributed by atoms with Crippen LogP contribution in [0.5, 0.6) is 0 Å². The first-order chi connectivity index (χ1) is 9.19. The Hall–Kier alpha value is -0.380. The lowest BCUT2D eigenvalue weighted by Crippen LogP contribution is -2.32. The summed E-state index contributed by atoms with van der Waals surface area (Å²) in [5.74, 6) is 0.925. The Morgan fingerprint density at radius 3 is 2.79 bits per heavy atom. The van der Waals surface area contributed by atoms with Gasteiger partial charge >= 0.3 is 0 Å². The van der Waals surface area contributed by atoms with Crippen molar-refractivity contribution in [3.05, 3.63) is 21.4 Å². The first-order valence-electron chi connectivity index (χ1n) is 7.70. The zero-order valence-corrected chi connectivity index (χ0v) is 13.5. The van der Waals surface area contributed by atoms with Crippen LogP contribution in [-0.4, -0.2) is 24.5 Å². The molecule has 3 heteroatoms. The molecule has 108 valence electrons. The monoisotopic (exact) mass is 280 g/mol. The second kappa shape index (κ2) is 7.41. The molecule has 1 fully saturated rings. The van der Waals surface area contributed by atoms with Crippen molar-refractivity contribution in [3.63, 3.8) is 0 Å². The van der Waals surface area contributed by atoms with Gasteiger partial charge in [-0.2, -0.15) is 0 Å². The van der Waals surface area contributed by atoms with Crippen LogP contribution in [0.2, 0.25) is 0 Å². The van der Waals surface area contributed by atoms with E-state index in [1.165, 1.54) is 42.1 Å². The summed E-state index contributed by atoms with van der Waals surface area (Å²) in [6, 6.07) is 2.42. The molecule has 0 aromatic carbocycles. The van der Waals surface area contributed by atoms with E-state index >= 15 is 0 Å². The van der Waals surface area contributed by atoms with Crippen molar-refractivity contribution in [3.8, 4) is 0 Å². The minimum Gasteiger partial charge on any atom is -0.312 e. The maximum Gasteiger partial charge on any atom is 0.0299 e. The lowest BCUT2D eigenvalue weighted by Gasteiger charge is -2.30. The molecule has 2 rings (SSSR count). The zero-order chi connectivity index (χ0) is 13.7. The Morgan fingerprint density at radius 1 is 1.37 bits per heavy atom. The number of nitrogens with one attached hydrogen (secondary N) is 1. The molecule has 1 aromatic rings. The van der Waals surface area contributed by atoms with Crippen LogP contribution in [0, 0.1) is 12.8 Å². The van der Waals surface area contributed by atoms with Crippen molar-refractivity contribution in [2.24, 2.45) is 5.92 Å².